The number of rotatable bonds is 2. The van der Waals surface area contributed by atoms with Crippen molar-refractivity contribution >= 4 is 10.0 Å². The molecule has 7 heteroatoms. The molecule has 1 saturated heterocycles. The molecule has 0 saturated carbocycles. The van der Waals surface area contributed by atoms with Crippen LogP contribution in [0.25, 0.3) is 0 Å². The van der Waals surface area contributed by atoms with Crippen molar-refractivity contribution in [3.8, 4) is 6.07 Å². The number of sulfonamides is 1. The van der Waals surface area contributed by atoms with Gasteiger partial charge in [0.15, 0.2) is 0 Å². The molecule has 5 nitrogen and oxygen atoms in total. The molecule has 1 unspecified atom stereocenters. The second-order valence-corrected chi connectivity index (χ2v) is 6.68. The Morgan fingerprint density at radius 2 is 2.10 bits per heavy atom. The maximum Gasteiger partial charge on any atom is 0.244 e. The van der Waals surface area contributed by atoms with Gasteiger partial charge in [-0.05, 0) is 31.0 Å². The monoisotopic (exact) mass is 297 g/mol. The van der Waals surface area contributed by atoms with Gasteiger partial charge in [-0.2, -0.15) is 9.57 Å². The van der Waals surface area contributed by atoms with E-state index in [-0.39, 0.29) is 10.5 Å². The summed E-state index contributed by atoms with van der Waals surface area (Å²) in [7, 11) is -3.79. The fraction of sp³-hybridized carbons (Fsp3) is 0.462. The van der Waals surface area contributed by atoms with Gasteiger partial charge in [0.25, 0.3) is 0 Å². The Bertz CT molecular complexity index is 640. The fourth-order valence-electron chi connectivity index (χ4n) is 2.29. The van der Waals surface area contributed by atoms with E-state index in [4.69, 9.17) is 11.0 Å². The van der Waals surface area contributed by atoms with Crippen molar-refractivity contribution in [3.05, 3.63) is 29.6 Å². The molecule has 0 amide bonds. The standard InChI is InChI=1S/C13H16FN3O2S/c14-12-6-5-11(8-10(12)9-15)20(18,19)17-7-3-1-2-4-13(17)16/h5-6,8,13H,1-4,7,16H2. The largest absolute Gasteiger partial charge is 0.315 e. The third-order valence-corrected chi connectivity index (χ3v) is 5.33. The minimum atomic E-state index is -3.79. The van der Waals surface area contributed by atoms with Crippen LogP contribution in [0.4, 0.5) is 4.39 Å². The Morgan fingerprint density at radius 3 is 2.80 bits per heavy atom. The van der Waals surface area contributed by atoms with Crippen LogP contribution in [0.5, 0.6) is 0 Å². The van der Waals surface area contributed by atoms with E-state index >= 15 is 0 Å². The molecule has 2 rings (SSSR count). The summed E-state index contributed by atoms with van der Waals surface area (Å²) in [4.78, 5) is -0.0900. The summed E-state index contributed by atoms with van der Waals surface area (Å²) >= 11 is 0. The van der Waals surface area contributed by atoms with Gasteiger partial charge in [-0.15, -0.1) is 0 Å². The molecule has 1 aliphatic heterocycles. The molecule has 1 aromatic carbocycles. The van der Waals surface area contributed by atoms with E-state index in [9.17, 15) is 12.8 Å². The first kappa shape index (κ1) is 14.9. The molecular formula is C13H16FN3O2S. The van der Waals surface area contributed by atoms with Crippen LogP contribution in [0.2, 0.25) is 0 Å². The van der Waals surface area contributed by atoms with E-state index in [1.807, 2.05) is 0 Å². The molecule has 1 atom stereocenters. The lowest BCUT2D eigenvalue weighted by atomic mass is 10.2. The van der Waals surface area contributed by atoms with Gasteiger partial charge in [0.2, 0.25) is 10.0 Å². The lowest BCUT2D eigenvalue weighted by Crippen LogP contribution is -2.45. The molecule has 1 heterocycles. The van der Waals surface area contributed by atoms with E-state index in [0.717, 1.165) is 31.4 Å². The number of nitrogens with zero attached hydrogens (tertiary/aromatic N) is 2. The maximum atomic E-state index is 13.3. The third kappa shape index (κ3) is 2.82. The quantitative estimate of drug-likeness (QED) is 0.897. The highest BCUT2D eigenvalue weighted by molar-refractivity contribution is 7.89. The molecule has 1 aliphatic rings. The lowest BCUT2D eigenvalue weighted by Gasteiger charge is -2.26. The number of hydrogen-bond acceptors (Lipinski definition) is 4. The highest BCUT2D eigenvalue weighted by Crippen LogP contribution is 2.24. The predicted molar refractivity (Wildman–Crippen MR) is 71.5 cm³/mol. The van der Waals surface area contributed by atoms with E-state index in [0.29, 0.717) is 13.0 Å². The molecule has 0 aromatic heterocycles. The van der Waals surface area contributed by atoms with Crippen molar-refractivity contribution in [2.75, 3.05) is 6.54 Å². The summed E-state index contributed by atoms with van der Waals surface area (Å²) in [5.74, 6) is -0.730. The number of nitrogens with two attached hydrogens (primary N) is 1. The van der Waals surface area contributed by atoms with Gasteiger partial charge in [-0.3, -0.25) is 0 Å². The Kier molecular flexibility index (Phi) is 4.38. The Morgan fingerprint density at radius 1 is 1.35 bits per heavy atom. The zero-order valence-corrected chi connectivity index (χ0v) is 11.7. The number of halogens is 1. The number of nitriles is 1. The summed E-state index contributed by atoms with van der Waals surface area (Å²) in [5, 5.41) is 8.79. The first-order chi connectivity index (χ1) is 9.46. The highest BCUT2D eigenvalue weighted by Gasteiger charge is 2.30. The van der Waals surface area contributed by atoms with Crippen molar-refractivity contribution in [1.29, 1.82) is 5.26 Å². The summed E-state index contributed by atoms with van der Waals surface area (Å²) in [6, 6.07) is 4.87. The Balaban J connectivity index is 2.41. The molecule has 0 spiro atoms. The van der Waals surface area contributed by atoms with Crippen LogP contribution in [0.1, 0.15) is 31.2 Å². The first-order valence-corrected chi connectivity index (χ1v) is 7.88. The normalized spacial score (nSPS) is 21.1. The summed E-state index contributed by atoms with van der Waals surface area (Å²) in [6.07, 6.45) is 2.61. The zero-order valence-electron chi connectivity index (χ0n) is 10.9. The smallest absolute Gasteiger partial charge is 0.244 e. The second-order valence-electron chi connectivity index (χ2n) is 4.79. The van der Waals surface area contributed by atoms with Crippen LogP contribution in [-0.2, 0) is 10.0 Å². The molecule has 0 radical (unpaired) electrons. The van der Waals surface area contributed by atoms with E-state index < -0.39 is 22.0 Å². The van der Waals surface area contributed by atoms with Gasteiger partial charge in [0.05, 0.1) is 16.6 Å². The van der Waals surface area contributed by atoms with E-state index in [1.165, 1.54) is 10.4 Å². The van der Waals surface area contributed by atoms with Crippen LogP contribution in [0, 0.1) is 17.1 Å². The summed E-state index contributed by atoms with van der Waals surface area (Å²) in [5.41, 5.74) is 5.63. The van der Waals surface area contributed by atoms with Crippen LogP contribution in [-0.4, -0.2) is 25.4 Å². The third-order valence-electron chi connectivity index (χ3n) is 3.41. The molecule has 1 aromatic rings. The van der Waals surface area contributed by atoms with Crippen molar-refractivity contribution < 1.29 is 12.8 Å². The molecule has 2 N–H and O–H groups in total. The van der Waals surface area contributed by atoms with Crippen LogP contribution < -0.4 is 5.73 Å². The second kappa shape index (κ2) is 5.87. The van der Waals surface area contributed by atoms with Crippen LogP contribution in [0.3, 0.4) is 0 Å². The topological polar surface area (TPSA) is 87.2 Å². The van der Waals surface area contributed by atoms with E-state index in [1.54, 1.807) is 6.07 Å². The van der Waals surface area contributed by atoms with Gasteiger partial charge < -0.3 is 5.73 Å². The molecule has 1 fully saturated rings. The Hall–Kier alpha value is -1.49. The lowest BCUT2D eigenvalue weighted by molar-refractivity contribution is 0.329. The maximum absolute atomic E-state index is 13.3. The van der Waals surface area contributed by atoms with Gasteiger partial charge in [-0.1, -0.05) is 12.8 Å². The molecule has 0 bridgehead atoms. The van der Waals surface area contributed by atoms with Gasteiger partial charge >= 0.3 is 0 Å². The van der Waals surface area contributed by atoms with Gasteiger partial charge in [-0.25, -0.2) is 12.8 Å². The molecule has 108 valence electrons. The fourth-order valence-corrected chi connectivity index (χ4v) is 3.90. The average Bonchev–Trinajstić information content (AvgIpc) is 2.64. The van der Waals surface area contributed by atoms with Crippen molar-refractivity contribution in [1.82, 2.24) is 4.31 Å². The average molecular weight is 297 g/mol. The van der Waals surface area contributed by atoms with Gasteiger partial charge in [0.1, 0.15) is 11.9 Å². The molecule has 20 heavy (non-hydrogen) atoms. The molecular weight excluding hydrogens is 281 g/mol. The summed E-state index contributed by atoms with van der Waals surface area (Å²) in [6.45, 7) is 0.350. The summed E-state index contributed by atoms with van der Waals surface area (Å²) < 4.78 is 39.6. The van der Waals surface area contributed by atoms with Crippen molar-refractivity contribution in [2.24, 2.45) is 5.73 Å². The Labute approximate surface area is 117 Å². The molecule has 0 aliphatic carbocycles. The number of hydrogen-bond donors (Lipinski definition) is 1. The highest BCUT2D eigenvalue weighted by atomic mass is 32.2. The number of benzene rings is 1. The zero-order chi connectivity index (χ0) is 14.8. The minimum Gasteiger partial charge on any atom is -0.315 e. The first-order valence-electron chi connectivity index (χ1n) is 6.44. The SMILES string of the molecule is N#Cc1cc(S(=O)(=O)N2CCCCCC2N)ccc1F. The van der Waals surface area contributed by atoms with E-state index in [2.05, 4.69) is 0 Å². The van der Waals surface area contributed by atoms with Gasteiger partial charge in [0, 0.05) is 6.54 Å². The van der Waals surface area contributed by atoms with Crippen LogP contribution in [0.15, 0.2) is 23.1 Å². The minimum absolute atomic E-state index is 0.0900. The van der Waals surface area contributed by atoms with Crippen LogP contribution >= 0.6 is 0 Å². The predicted octanol–water partition coefficient (Wildman–Crippen LogP) is 1.55. The van der Waals surface area contributed by atoms with Crippen molar-refractivity contribution in [3.63, 3.8) is 0 Å². The van der Waals surface area contributed by atoms with Crippen molar-refractivity contribution in [2.45, 2.75) is 36.7 Å².